The van der Waals surface area contributed by atoms with Gasteiger partial charge in [0.1, 0.15) is 0 Å². The second kappa shape index (κ2) is 19.0. The summed E-state index contributed by atoms with van der Waals surface area (Å²) in [5.41, 5.74) is 10.4. The van der Waals surface area contributed by atoms with Crippen molar-refractivity contribution in [2.45, 2.75) is 13.3 Å². The molecular weight excluding hydrogens is 435 g/mol. The van der Waals surface area contributed by atoms with Gasteiger partial charge in [0.15, 0.2) is 0 Å². The first-order chi connectivity index (χ1) is 12.1. The van der Waals surface area contributed by atoms with Crippen LogP contribution < -0.4 is 0 Å². The Hall–Kier alpha value is -0.806. The maximum Gasteiger partial charge on any atom is 0.0591 e. The van der Waals surface area contributed by atoms with Crippen LogP contribution in [0.2, 0.25) is 0 Å². The van der Waals surface area contributed by atoms with Crippen LogP contribution in [0.1, 0.15) is 18.1 Å². The standard InChI is InChI=1S/C11H13NOS.C8H10S.C2H4.Y/c1-9(7-14-8-11(12)13)10-5-3-2-4-6-10;9-7-6-8-4-2-1-3-5-8;1-2;/h2-7H,8H2,1H3,(H2,12,13);1-5,9H,6-7H2;1-2H2;/p-2/b9-7+;;;. The van der Waals surface area contributed by atoms with Crippen LogP contribution in [-0.2, 0) is 56.6 Å². The Labute approximate surface area is 193 Å². The molecule has 1 N–H and O–H groups in total. The molecule has 2 nitrogen and oxygen atoms in total. The average Bonchev–Trinajstić information content (AvgIpc) is 2.65. The van der Waals surface area contributed by atoms with Gasteiger partial charge in [0, 0.05) is 38.5 Å². The summed E-state index contributed by atoms with van der Waals surface area (Å²) in [7, 11) is 0. The molecule has 0 aliphatic heterocycles. The molecule has 0 saturated carbocycles. The van der Waals surface area contributed by atoms with Crippen molar-refractivity contribution in [2.24, 2.45) is 0 Å². The number of thioether (sulfide) groups is 1. The van der Waals surface area contributed by atoms with Crippen molar-refractivity contribution in [3.05, 3.63) is 96.1 Å². The monoisotopic (exact) mass is 460 g/mol. The summed E-state index contributed by atoms with van der Waals surface area (Å²) in [5.74, 6) is 0.515. The normalized spacial score (nSPS) is 9.54. The maximum absolute atomic E-state index is 10.4. The van der Waals surface area contributed by atoms with Crippen LogP contribution in [0.3, 0.4) is 0 Å². The van der Waals surface area contributed by atoms with Gasteiger partial charge in [-0.05, 0) is 35.5 Å². The van der Waals surface area contributed by atoms with Gasteiger partial charge in [-0.1, -0.05) is 60.7 Å². The van der Waals surface area contributed by atoms with Crippen molar-refractivity contribution < 1.29 is 37.5 Å². The number of carbonyl (C=O) groups excluding carboxylic acids is 1. The number of hydrogen-bond acceptors (Lipinski definition) is 3. The number of allylic oxidation sites excluding steroid dienone is 1. The van der Waals surface area contributed by atoms with Crippen molar-refractivity contribution >= 4 is 35.9 Å². The largest absolute Gasteiger partial charge is 0.792 e. The minimum atomic E-state index is -0.535. The minimum absolute atomic E-state index is 0. The SMILES string of the molecule is C/C(=C\SCC([NH-])=O)c1ccccc1.C=C.[S-]CCc1ccccc1.[Y]. The summed E-state index contributed by atoms with van der Waals surface area (Å²) < 4.78 is 0. The first-order valence-electron chi connectivity index (χ1n) is 7.83. The molecule has 0 bridgehead atoms. The summed E-state index contributed by atoms with van der Waals surface area (Å²) in [4.78, 5) is 10.4. The fourth-order valence-corrected chi connectivity index (χ4v) is 2.63. The van der Waals surface area contributed by atoms with E-state index in [1.165, 1.54) is 17.3 Å². The van der Waals surface area contributed by atoms with Crippen molar-refractivity contribution in [1.29, 1.82) is 0 Å². The molecule has 5 heteroatoms. The number of carbonyl (C=O) groups is 1. The molecule has 26 heavy (non-hydrogen) atoms. The first kappa shape index (κ1) is 27.4. The zero-order chi connectivity index (χ0) is 18.9. The van der Waals surface area contributed by atoms with Crippen LogP contribution in [0.25, 0.3) is 11.3 Å². The van der Waals surface area contributed by atoms with Gasteiger partial charge >= 0.3 is 0 Å². The van der Waals surface area contributed by atoms with Gasteiger partial charge in [0.05, 0.1) is 5.91 Å². The Balaban J connectivity index is 0. The van der Waals surface area contributed by atoms with Crippen molar-refractivity contribution in [3.8, 4) is 0 Å². The molecule has 0 aliphatic rings. The third kappa shape index (κ3) is 14.4. The Morgan fingerprint density at radius 1 is 1.08 bits per heavy atom. The molecule has 2 aromatic rings. The smallest absolute Gasteiger partial charge is 0.0591 e. The fourth-order valence-electron chi connectivity index (χ4n) is 1.77. The van der Waals surface area contributed by atoms with Crippen LogP contribution in [0.5, 0.6) is 0 Å². The van der Waals surface area contributed by atoms with Gasteiger partial charge in [-0.15, -0.1) is 24.9 Å². The van der Waals surface area contributed by atoms with E-state index in [-0.39, 0.29) is 38.5 Å². The quantitative estimate of drug-likeness (QED) is 0.396. The number of rotatable bonds is 6. The fraction of sp³-hybridized carbons (Fsp3) is 0.190. The van der Waals surface area contributed by atoms with Gasteiger partial charge in [0.25, 0.3) is 0 Å². The second-order valence-electron chi connectivity index (χ2n) is 4.84. The predicted octanol–water partition coefficient (Wildman–Crippen LogP) is 5.94. The first-order valence-corrected chi connectivity index (χ1v) is 9.46. The number of amides is 1. The molecule has 1 amide bonds. The van der Waals surface area contributed by atoms with Gasteiger partial charge in [-0.3, -0.25) is 0 Å². The van der Waals surface area contributed by atoms with E-state index in [0.29, 0.717) is 0 Å². The van der Waals surface area contributed by atoms with Gasteiger partial charge in [0.2, 0.25) is 0 Å². The van der Waals surface area contributed by atoms with E-state index >= 15 is 0 Å². The second-order valence-corrected chi connectivity index (χ2v) is 6.11. The van der Waals surface area contributed by atoms with E-state index in [1.807, 2.05) is 60.9 Å². The van der Waals surface area contributed by atoms with Gasteiger partial charge < -0.3 is 23.2 Å². The number of benzene rings is 2. The van der Waals surface area contributed by atoms with Gasteiger partial charge in [-0.2, -0.15) is 5.75 Å². The molecule has 2 aromatic carbocycles. The average molecular weight is 460 g/mol. The Morgan fingerprint density at radius 3 is 2.04 bits per heavy atom. The molecule has 0 aromatic heterocycles. The van der Waals surface area contributed by atoms with E-state index < -0.39 is 5.91 Å². The van der Waals surface area contributed by atoms with Gasteiger partial charge in [-0.25, -0.2) is 0 Å². The summed E-state index contributed by atoms with van der Waals surface area (Å²) >= 11 is 6.20. The third-order valence-corrected chi connectivity index (χ3v) is 4.09. The topological polar surface area (TPSA) is 40.9 Å². The molecule has 0 unspecified atom stereocenters. The number of nitrogens with one attached hydrogen (secondary N) is 1. The molecule has 0 heterocycles. The molecular formula is C21H25NOS2Y-2. The van der Waals surface area contributed by atoms with E-state index in [0.717, 1.165) is 23.3 Å². The summed E-state index contributed by atoms with van der Waals surface area (Å²) in [6.07, 6.45) is 1.02. The summed E-state index contributed by atoms with van der Waals surface area (Å²) in [5, 5.41) is 1.92. The maximum atomic E-state index is 10.4. The van der Waals surface area contributed by atoms with Crippen LogP contribution in [0.4, 0.5) is 0 Å². The zero-order valence-corrected chi connectivity index (χ0v) is 19.7. The predicted molar refractivity (Wildman–Crippen MR) is 116 cm³/mol. The van der Waals surface area contributed by atoms with Crippen LogP contribution in [0, 0.1) is 0 Å². The van der Waals surface area contributed by atoms with E-state index in [2.05, 4.69) is 25.3 Å². The van der Waals surface area contributed by atoms with E-state index in [4.69, 9.17) is 18.4 Å². The van der Waals surface area contributed by atoms with Crippen molar-refractivity contribution in [3.63, 3.8) is 0 Å². The summed E-state index contributed by atoms with van der Waals surface area (Å²) in [6, 6.07) is 20.3. The zero-order valence-electron chi connectivity index (χ0n) is 15.2. The molecule has 0 fully saturated rings. The molecule has 0 atom stereocenters. The van der Waals surface area contributed by atoms with Crippen molar-refractivity contribution in [2.75, 3.05) is 11.5 Å². The Morgan fingerprint density at radius 2 is 1.58 bits per heavy atom. The Kier molecular flexibility index (Phi) is 20.0. The summed E-state index contributed by atoms with van der Waals surface area (Å²) in [6.45, 7) is 8.00. The van der Waals surface area contributed by atoms with Crippen LogP contribution >= 0.6 is 11.8 Å². The molecule has 0 saturated heterocycles. The third-order valence-electron chi connectivity index (χ3n) is 2.94. The molecule has 1 radical (unpaired) electrons. The van der Waals surface area contributed by atoms with Crippen LogP contribution in [0.15, 0.2) is 79.2 Å². The molecule has 0 aliphatic carbocycles. The van der Waals surface area contributed by atoms with E-state index in [9.17, 15) is 4.79 Å². The molecule has 0 spiro atoms. The van der Waals surface area contributed by atoms with Crippen molar-refractivity contribution in [1.82, 2.24) is 0 Å². The van der Waals surface area contributed by atoms with E-state index in [1.54, 1.807) is 0 Å². The molecule has 2 rings (SSSR count). The number of hydrogen-bond donors (Lipinski definition) is 0. The molecule has 137 valence electrons. The Bertz CT molecular complexity index is 618. The minimum Gasteiger partial charge on any atom is -0.792 e. The van der Waals surface area contributed by atoms with Crippen LogP contribution in [-0.4, -0.2) is 17.4 Å². The number of aryl methyl sites for hydroxylation is 1.